The Labute approximate surface area is 132 Å². The number of nitrogens with zero attached hydrogens (tertiary/aromatic N) is 1. The van der Waals surface area contributed by atoms with Crippen LogP contribution in [0.4, 0.5) is 4.79 Å². The number of hydrogen-bond acceptors (Lipinski definition) is 2. The Bertz CT molecular complexity index is 432. The molecule has 0 aliphatic heterocycles. The number of amides is 2. The van der Waals surface area contributed by atoms with Crippen LogP contribution in [0.25, 0.3) is 0 Å². The van der Waals surface area contributed by atoms with E-state index in [1.807, 2.05) is 38.4 Å². The zero-order valence-electron chi connectivity index (χ0n) is 13.3. The Kier molecular flexibility index (Phi) is 7.54. The van der Waals surface area contributed by atoms with Crippen LogP contribution in [0.1, 0.15) is 31.9 Å². The predicted molar refractivity (Wildman–Crippen MR) is 88.7 cm³/mol. The second-order valence-electron chi connectivity index (χ2n) is 5.85. The van der Waals surface area contributed by atoms with Crippen molar-refractivity contribution < 1.29 is 4.79 Å². The highest BCUT2D eigenvalue weighted by molar-refractivity contribution is 6.30. The first-order valence-electron chi connectivity index (χ1n) is 7.33. The molecule has 0 saturated heterocycles. The number of urea groups is 1. The average molecular weight is 312 g/mol. The van der Waals surface area contributed by atoms with Crippen LogP contribution in [0.5, 0.6) is 0 Å². The third-order valence-corrected chi connectivity index (χ3v) is 3.59. The zero-order chi connectivity index (χ0) is 15.8. The molecule has 5 heteroatoms. The monoisotopic (exact) mass is 311 g/mol. The van der Waals surface area contributed by atoms with Crippen molar-refractivity contribution in [3.8, 4) is 0 Å². The zero-order valence-corrected chi connectivity index (χ0v) is 14.1. The van der Waals surface area contributed by atoms with Gasteiger partial charge in [0.2, 0.25) is 0 Å². The first-order valence-corrected chi connectivity index (χ1v) is 7.71. The van der Waals surface area contributed by atoms with Gasteiger partial charge in [0.1, 0.15) is 0 Å². The Balaban J connectivity index is 2.48. The van der Waals surface area contributed by atoms with Gasteiger partial charge in [0.05, 0.1) is 6.04 Å². The van der Waals surface area contributed by atoms with E-state index in [-0.39, 0.29) is 12.1 Å². The molecule has 0 fully saturated rings. The molecule has 118 valence electrons. The van der Waals surface area contributed by atoms with E-state index in [1.165, 1.54) is 0 Å². The van der Waals surface area contributed by atoms with Crippen LogP contribution in [-0.4, -0.2) is 38.1 Å². The van der Waals surface area contributed by atoms with Crippen molar-refractivity contribution in [1.82, 2.24) is 15.5 Å². The van der Waals surface area contributed by atoms with Crippen LogP contribution >= 0.6 is 11.6 Å². The van der Waals surface area contributed by atoms with Crippen molar-refractivity contribution in [3.05, 3.63) is 34.9 Å². The number of hydrogen-bond donors (Lipinski definition) is 2. The summed E-state index contributed by atoms with van der Waals surface area (Å²) in [7, 11) is 4.00. The molecule has 1 aromatic carbocycles. The summed E-state index contributed by atoms with van der Waals surface area (Å²) in [5.41, 5.74) is 1.13. The molecule has 0 bridgehead atoms. The quantitative estimate of drug-likeness (QED) is 0.811. The van der Waals surface area contributed by atoms with Crippen LogP contribution in [-0.2, 0) is 0 Å². The van der Waals surface area contributed by atoms with Crippen molar-refractivity contribution in [3.63, 3.8) is 0 Å². The van der Waals surface area contributed by atoms with Gasteiger partial charge in [-0.2, -0.15) is 0 Å². The third kappa shape index (κ3) is 6.82. The van der Waals surface area contributed by atoms with Gasteiger partial charge >= 0.3 is 6.03 Å². The van der Waals surface area contributed by atoms with Crippen molar-refractivity contribution in [2.75, 3.05) is 27.2 Å². The lowest BCUT2D eigenvalue weighted by Crippen LogP contribution is -2.41. The molecule has 0 spiro atoms. The number of halogens is 1. The highest BCUT2D eigenvalue weighted by Crippen LogP contribution is 2.19. The lowest BCUT2D eigenvalue weighted by atomic mass is 10.1. The van der Waals surface area contributed by atoms with Gasteiger partial charge in [-0.25, -0.2) is 4.79 Å². The standard InChI is InChI=1S/C16H26ClN3O/c1-12(2)9-10-18-16(21)19-11-15(20(3)4)13-5-7-14(17)8-6-13/h5-8,12,15H,9-11H2,1-4H3,(H2,18,19,21). The Morgan fingerprint density at radius 1 is 1.19 bits per heavy atom. The molecule has 0 aliphatic rings. The second-order valence-corrected chi connectivity index (χ2v) is 6.29. The topological polar surface area (TPSA) is 44.4 Å². The maximum absolute atomic E-state index is 11.8. The first-order chi connectivity index (χ1) is 9.90. The number of benzene rings is 1. The summed E-state index contributed by atoms with van der Waals surface area (Å²) in [6.07, 6.45) is 0.988. The summed E-state index contributed by atoms with van der Waals surface area (Å²) in [4.78, 5) is 13.9. The van der Waals surface area contributed by atoms with Gasteiger partial charge in [-0.3, -0.25) is 0 Å². The van der Waals surface area contributed by atoms with Gasteiger partial charge in [0.25, 0.3) is 0 Å². The van der Waals surface area contributed by atoms with Crippen molar-refractivity contribution in [2.45, 2.75) is 26.3 Å². The predicted octanol–water partition coefficient (Wildman–Crippen LogP) is 3.29. The molecule has 2 amide bonds. The molecule has 0 aromatic heterocycles. The minimum atomic E-state index is -0.114. The number of carbonyl (C=O) groups is 1. The van der Waals surface area contributed by atoms with Crippen molar-refractivity contribution in [1.29, 1.82) is 0 Å². The number of rotatable bonds is 7. The van der Waals surface area contributed by atoms with Crippen LogP contribution in [0, 0.1) is 5.92 Å². The third-order valence-electron chi connectivity index (χ3n) is 3.34. The van der Waals surface area contributed by atoms with E-state index in [0.29, 0.717) is 19.0 Å². The average Bonchev–Trinajstić information content (AvgIpc) is 2.40. The van der Waals surface area contributed by atoms with Gasteiger partial charge in [0.15, 0.2) is 0 Å². The molecule has 4 nitrogen and oxygen atoms in total. The SMILES string of the molecule is CC(C)CCNC(=O)NCC(c1ccc(Cl)cc1)N(C)C. The number of carbonyl (C=O) groups excluding carboxylic acids is 1. The molecule has 0 heterocycles. The van der Waals surface area contributed by atoms with Gasteiger partial charge in [-0.1, -0.05) is 37.6 Å². The lowest BCUT2D eigenvalue weighted by Gasteiger charge is -2.25. The fraction of sp³-hybridized carbons (Fsp3) is 0.562. The Morgan fingerprint density at radius 3 is 2.33 bits per heavy atom. The van der Waals surface area contributed by atoms with Gasteiger partial charge in [-0.15, -0.1) is 0 Å². The van der Waals surface area contributed by atoms with E-state index in [2.05, 4.69) is 29.4 Å². The van der Waals surface area contributed by atoms with E-state index in [0.717, 1.165) is 17.0 Å². The fourth-order valence-corrected chi connectivity index (χ4v) is 2.14. The molecule has 1 unspecified atom stereocenters. The highest BCUT2D eigenvalue weighted by atomic mass is 35.5. The van der Waals surface area contributed by atoms with E-state index in [1.54, 1.807) is 0 Å². The molecular formula is C16H26ClN3O. The van der Waals surface area contributed by atoms with Crippen molar-refractivity contribution >= 4 is 17.6 Å². The minimum absolute atomic E-state index is 0.114. The lowest BCUT2D eigenvalue weighted by molar-refractivity contribution is 0.232. The smallest absolute Gasteiger partial charge is 0.314 e. The molecule has 1 aromatic rings. The summed E-state index contributed by atoms with van der Waals surface area (Å²) >= 11 is 5.91. The van der Waals surface area contributed by atoms with Gasteiger partial charge in [-0.05, 0) is 44.1 Å². The first kappa shape index (κ1) is 17.8. The van der Waals surface area contributed by atoms with Crippen molar-refractivity contribution in [2.24, 2.45) is 5.92 Å². The molecule has 1 rings (SSSR count). The summed E-state index contributed by atoms with van der Waals surface area (Å²) < 4.78 is 0. The second kappa shape index (κ2) is 8.90. The molecule has 2 N–H and O–H groups in total. The van der Waals surface area contributed by atoms with Crippen LogP contribution in [0.3, 0.4) is 0 Å². The molecule has 0 radical (unpaired) electrons. The fourth-order valence-electron chi connectivity index (χ4n) is 2.01. The summed E-state index contributed by atoms with van der Waals surface area (Å²) in [5, 5.41) is 6.52. The Morgan fingerprint density at radius 2 is 1.81 bits per heavy atom. The van der Waals surface area contributed by atoms with Gasteiger partial charge < -0.3 is 15.5 Å². The molecule has 21 heavy (non-hydrogen) atoms. The largest absolute Gasteiger partial charge is 0.338 e. The number of nitrogens with one attached hydrogen (secondary N) is 2. The van der Waals surface area contributed by atoms with Crippen LogP contribution in [0.15, 0.2) is 24.3 Å². The van der Waals surface area contributed by atoms with Gasteiger partial charge in [0, 0.05) is 18.1 Å². The maximum atomic E-state index is 11.8. The highest BCUT2D eigenvalue weighted by Gasteiger charge is 2.15. The maximum Gasteiger partial charge on any atom is 0.314 e. The summed E-state index contributed by atoms with van der Waals surface area (Å²) in [5.74, 6) is 0.592. The van der Waals surface area contributed by atoms with Crippen LogP contribution < -0.4 is 10.6 Å². The van der Waals surface area contributed by atoms with E-state index in [9.17, 15) is 4.79 Å². The van der Waals surface area contributed by atoms with E-state index in [4.69, 9.17) is 11.6 Å². The summed E-state index contributed by atoms with van der Waals surface area (Å²) in [6, 6.07) is 7.73. The normalized spacial score (nSPS) is 12.5. The van der Waals surface area contributed by atoms with E-state index >= 15 is 0 Å². The molecule has 0 aliphatic carbocycles. The summed E-state index contributed by atoms with van der Waals surface area (Å²) in [6.45, 7) is 5.55. The minimum Gasteiger partial charge on any atom is -0.338 e. The molecular weight excluding hydrogens is 286 g/mol. The van der Waals surface area contributed by atoms with Crippen LogP contribution in [0.2, 0.25) is 5.02 Å². The number of likely N-dealkylation sites (N-methyl/N-ethyl adjacent to an activating group) is 1. The molecule has 1 atom stereocenters. The molecule has 0 saturated carbocycles. The Hall–Kier alpha value is -1.26. The van der Waals surface area contributed by atoms with E-state index < -0.39 is 0 Å².